The Hall–Kier alpha value is -4.33. The lowest BCUT2D eigenvalue weighted by atomic mass is 9.74. The second kappa shape index (κ2) is 14.8. The van der Waals surface area contributed by atoms with Crippen molar-refractivity contribution in [2.45, 2.75) is 45.2 Å². The van der Waals surface area contributed by atoms with Crippen molar-refractivity contribution in [2.75, 3.05) is 38.6 Å². The van der Waals surface area contributed by atoms with Crippen LogP contribution in [0.2, 0.25) is 0 Å². The average molecular weight is 680 g/mol. The van der Waals surface area contributed by atoms with Crippen molar-refractivity contribution in [2.24, 2.45) is 32.5 Å². The number of benzene rings is 1. The molecule has 1 unspecified atom stereocenters. The molecule has 2 aliphatic heterocycles. The number of hydrogen-bond acceptors (Lipinski definition) is 13. The van der Waals surface area contributed by atoms with Crippen LogP contribution in [0.3, 0.4) is 0 Å². The van der Waals surface area contributed by atoms with Crippen molar-refractivity contribution in [3.63, 3.8) is 0 Å². The summed E-state index contributed by atoms with van der Waals surface area (Å²) in [5, 5.41) is 6.21. The minimum Gasteiger partial charge on any atom is -0.490 e. The van der Waals surface area contributed by atoms with Crippen molar-refractivity contribution < 1.29 is 36.4 Å². The Morgan fingerprint density at radius 2 is 2.04 bits per heavy atom. The van der Waals surface area contributed by atoms with Gasteiger partial charge in [0.25, 0.3) is 5.91 Å². The van der Waals surface area contributed by atoms with Crippen LogP contribution in [0.25, 0.3) is 0 Å². The van der Waals surface area contributed by atoms with E-state index in [-0.39, 0.29) is 36.2 Å². The highest BCUT2D eigenvalue weighted by atomic mass is 32.3. The molecule has 250 valence electrons. The number of carbonyl (C=O) groups is 2. The second-order valence-corrected chi connectivity index (χ2v) is 12.8. The van der Waals surface area contributed by atoms with Gasteiger partial charge in [-0.2, -0.15) is 13.5 Å². The molecule has 1 saturated heterocycles. The summed E-state index contributed by atoms with van der Waals surface area (Å²) in [4.78, 5) is 45.7. The van der Waals surface area contributed by atoms with Gasteiger partial charge in [-0.05, 0) is 49.9 Å². The fourth-order valence-corrected chi connectivity index (χ4v) is 5.94. The SMILES string of the molecule is CC1(C)C(CC(=O)/C(=N\OCCOc2ccc3c(c2)CCN(C(N)=NCCCN=CN)C3)c2csc(N)n2)C(=O)N1OS(=O)(=O)O. The number of carbonyl (C=O) groups excluding carboxylic acids is 2. The number of aliphatic imine (C=N–C) groups is 2. The van der Waals surface area contributed by atoms with Crippen LogP contribution in [-0.4, -0.2) is 96.0 Å². The standard InChI is InChI=1S/C27H37N9O8S2/c1-27(2)20(24(38)36(27)44-46(39,40)41)13-22(37)23(21-15-45-26(30)33-21)34-43-11-10-42-19-5-4-18-14-35(9-6-17(18)12-19)25(29)32-8-3-7-31-16-28/h4-5,12,15-16,20H,3,6-11,13-14H2,1-2H3,(H2,28,31)(H2,29,32)(H2,30,33)(H,39,40,41)/b34-23-. The topological polar surface area (TPSA) is 251 Å². The predicted octanol–water partition coefficient (Wildman–Crippen LogP) is 0.506. The van der Waals surface area contributed by atoms with Gasteiger partial charge in [0.1, 0.15) is 18.1 Å². The number of oxime groups is 1. The van der Waals surface area contributed by atoms with Gasteiger partial charge in [-0.3, -0.25) is 24.1 Å². The maximum Gasteiger partial charge on any atom is 0.418 e. The number of ether oxygens (including phenoxy) is 1. The first kappa shape index (κ1) is 34.5. The Bertz CT molecular complexity index is 1620. The highest BCUT2D eigenvalue weighted by molar-refractivity contribution is 7.80. The van der Waals surface area contributed by atoms with Gasteiger partial charge in [-0.15, -0.1) is 15.6 Å². The molecular weight excluding hydrogens is 642 g/mol. The van der Waals surface area contributed by atoms with E-state index in [4.69, 9.17) is 31.3 Å². The number of fused-ring (bicyclic) bond motifs is 1. The molecule has 0 aliphatic carbocycles. The van der Waals surface area contributed by atoms with Gasteiger partial charge >= 0.3 is 10.4 Å². The van der Waals surface area contributed by atoms with Crippen molar-refractivity contribution >= 4 is 56.6 Å². The lowest BCUT2D eigenvalue weighted by Crippen LogP contribution is -2.68. The highest BCUT2D eigenvalue weighted by Gasteiger charge is 2.57. The van der Waals surface area contributed by atoms with Crippen LogP contribution in [0, 0.1) is 5.92 Å². The lowest BCUT2D eigenvalue weighted by molar-refractivity contribution is -0.228. The normalized spacial score (nSPS) is 18.4. The second-order valence-electron chi connectivity index (χ2n) is 10.9. The number of ketones is 1. The Labute approximate surface area is 270 Å². The summed E-state index contributed by atoms with van der Waals surface area (Å²) < 4.78 is 41.3. The predicted molar refractivity (Wildman–Crippen MR) is 170 cm³/mol. The monoisotopic (exact) mass is 679 g/mol. The number of thiazole rings is 1. The van der Waals surface area contributed by atoms with E-state index in [1.807, 2.05) is 23.1 Å². The fraction of sp³-hybridized carbons (Fsp3) is 0.481. The third kappa shape index (κ3) is 8.68. The molecule has 1 amide bonds. The molecule has 0 saturated carbocycles. The van der Waals surface area contributed by atoms with Crippen molar-refractivity contribution in [1.82, 2.24) is 14.9 Å². The number of rotatable bonds is 15. The number of anilines is 1. The number of hydroxylamine groups is 2. The zero-order valence-corrected chi connectivity index (χ0v) is 27.0. The van der Waals surface area contributed by atoms with Crippen LogP contribution >= 0.6 is 11.3 Å². The van der Waals surface area contributed by atoms with Gasteiger partial charge in [0.15, 0.2) is 29.2 Å². The van der Waals surface area contributed by atoms with Crippen LogP contribution in [0.5, 0.6) is 5.75 Å². The third-order valence-electron chi connectivity index (χ3n) is 7.40. The molecular formula is C27H37N9O8S2. The minimum absolute atomic E-state index is 0.00528. The molecule has 1 atom stereocenters. The molecule has 7 N–H and O–H groups in total. The molecule has 1 aromatic carbocycles. The van der Waals surface area contributed by atoms with Crippen LogP contribution in [0.15, 0.2) is 38.7 Å². The third-order valence-corrected chi connectivity index (χ3v) is 8.41. The summed E-state index contributed by atoms with van der Waals surface area (Å²) in [5.41, 5.74) is 18.2. The molecule has 3 heterocycles. The first-order valence-corrected chi connectivity index (χ1v) is 16.5. The van der Waals surface area contributed by atoms with E-state index in [0.29, 0.717) is 36.4 Å². The first-order chi connectivity index (χ1) is 21.8. The van der Waals surface area contributed by atoms with Gasteiger partial charge in [-0.25, -0.2) is 4.98 Å². The molecule has 1 aromatic heterocycles. The van der Waals surface area contributed by atoms with E-state index >= 15 is 0 Å². The molecule has 0 spiro atoms. The van der Waals surface area contributed by atoms with E-state index in [1.54, 1.807) is 0 Å². The molecule has 0 radical (unpaired) electrons. The van der Waals surface area contributed by atoms with Crippen LogP contribution < -0.4 is 21.9 Å². The van der Waals surface area contributed by atoms with E-state index in [9.17, 15) is 18.0 Å². The zero-order valence-electron chi connectivity index (χ0n) is 25.4. The largest absolute Gasteiger partial charge is 0.490 e. The number of nitrogens with zero attached hydrogens (tertiary/aromatic N) is 6. The zero-order chi connectivity index (χ0) is 33.5. The number of nitrogen functional groups attached to an aromatic ring is 1. The Morgan fingerprint density at radius 1 is 1.26 bits per heavy atom. The number of nitrogens with two attached hydrogens (primary N) is 3. The molecule has 17 nitrogen and oxygen atoms in total. The Kier molecular flexibility index (Phi) is 11.1. The summed E-state index contributed by atoms with van der Waals surface area (Å²) in [5.74, 6) is -1.18. The molecule has 2 aromatic rings. The van der Waals surface area contributed by atoms with Gasteiger partial charge in [0.2, 0.25) is 0 Å². The number of Topliss-reactive ketones (excluding diaryl/α,β-unsaturated/α-hetero) is 1. The van der Waals surface area contributed by atoms with Crippen LogP contribution in [0.1, 0.15) is 43.5 Å². The minimum atomic E-state index is -4.92. The summed E-state index contributed by atoms with van der Waals surface area (Å²) in [6.07, 6.45) is 2.47. The Balaban J connectivity index is 1.31. The maximum atomic E-state index is 13.2. The van der Waals surface area contributed by atoms with Crippen molar-refractivity contribution in [3.8, 4) is 5.75 Å². The molecule has 46 heavy (non-hydrogen) atoms. The summed E-state index contributed by atoms with van der Waals surface area (Å²) in [7, 11) is -4.92. The summed E-state index contributed by atoms with van der Waals surface area (Å²) >= 11 is 1.09. The van der Waals surface area contributed by atoms with E-state index in [1.165, 1.54) is 25.6 Å². The van der Waals surface area contributed by atoms with Crippen LogP contribution in [-0.2, 0) is 42.1 Å². The summed E-state index contributed by atoms with van der Waals surface area (Å²) in [6, 6.07) is 5.80. The number of amides is 1. The van der Waals surface area contributed by atoms with Gasteiger partial charge in [0, 0.05) is 38.0 Å². The van der Waals surface area contributed by atoms with Crippen molar-refractivity contribution in [1.29, 1.82) is 0 Å². The summed E-state index contributed by atoms with van der Waals surface area (Å²) in [6.45, 7) is 5.64. The molecule has 19 heteroatoms. The van der Waals surface area contributed by atoms with E-state index < -0.39 is 33.5 Å². The smallest absolute Gasteiger partial charge is 0.418 e. The number of β-lactam (4-membered cyclic amide) rings is 1. The van der Waals surface area contributed by atoms with E-state index in [2.05, 4.69) is 24.4 Å². The Morgan fingerprint density at radius 3 is 2.72 bits per heavy atom. The van der Waals surface area contributed by atoms with Gasteiger partial charge in [-0.1, -0.05) is 11.2 Å². The number of aromatic nitrogens is 1. The van der Waals surface area contributed by atoms with E-state index in [0.717, 1.165) is 41.9 Å². The first-order valence-electron chi connectivity index (χ1n) is 14.2. The quantitative estimate of drug-likeness (QED) is 0.0501. The molecule has 2 aliphatic rings. The maximum absolute atomic E-state index is 13.2. The molecule has 1 fully saturated rings. The van der Waals surface area contributed by atoms with Crippen molar-refractivity contribution in [3.05, 3.63) is 40.4 Å². The average Bonchev–Trinajstić information content (AvgIpc) is 3.44. The van der Waals surface area contributed by atoms with Gasteiger partial charge in [0.05, 0.1) is 17.8 Å². The van der Waals surface area contributed by atoms with Crippen LogP contribution in [0.4, 0.5) is 5.13 Å². The molecule has 0 bridgehead atoms. The lowest BCUT2D eigenvalue weighted by Gasteiger charge is -2.50. The highest BCUT2D eigenvalue weighted by Crippen LogP contribution is 2.40. The molecule has 4 rings (SSSR count). The number of guanidine groups is 1. The number of hydrogen-bond donors (Lipinski definition) is 4. The van der Waals surface area contributed by atoms with Gasteiger partial charge < -0.3 is 31.7 Å². The fourth-order valence-electron chi connectivity index (χ4n) is 4.94.